The third kappa shape index (κ3) is 5.24. The Balaban J connectivity index is 1.41. The van der Waals surface area contributed by atoms with Gasteiger partial charge in [0, 0.05) is 29.5 Å². The third-order valence-electron chi connectivity index (χ3n) is 4.96. The Morgan fingerprint density at radius 1 is 1.06 bits per heavy atom. The van der Waals surface area contributed by atoms with Crippen LogP contribution in [0.15, 0.2) is 65.1 Å². The Bertz CT molecular complexity index is 1130. The molecule has 0 aliphatic carbocycles. The van der Waals surface area contributed by atoms with E-state index in [1.54, 1.807) is 19.2 Å². The number of aromatic amines is 1. The Hall–Kier alpha value is -2.90. The number of ether oxygens (including phenoxy) is 2. The molecule has 0 aliphatic heterocycles. The van der Waals surface area contributed by atoms with Crippen LogP contribution in [0.4, 0.5) is 4.39 Å². The number of fused-ring (bicyclic) bond motifs is 1. The highest BCUT2D eigenvalue weighted by atomic mass is 79.9. The topological polar surface area (TPSA) is 59.2 Å². The SMILES string of the molecule is COc1ccc(Br)c(CNCCc2nc3ccccc3[nH]2)c1OCc1ccc(F)cc1. The summed E-state index contributed by atoms with van der Waals surface area (Å²) in [7, 11) is 1.62. The number of methoxy groups -OCH3 is 1. The molecule has 3 aromatic carbocycles. The zero-order valence-electron chi connectivity index (χ0n) is 17.1. The smallest absolute Gasteiger partial charge is 0.167 e. The van der Waals surface area contributed by atoms with Gasteiger partial charge in [0.05, 0.1) is 18.1 Å². The van der Waals surface area contributed by atoms with Crippen LogP contribution in [0.1, 0.15) is 17.0 Å². The van der Waals surface area contributed by atoms with Crippen molar-refractivity contribution in [3.05, 3.63) is 87.9 Å². The first-order valence-corrected chi connectivity index (χ1v) is 10.8. The molecule has 0 bridgehead atoms. The van der Waals surface area contributed by atoms with Gasteiger partial charge in [-0.15, -0.1) is 0 Å². The molecule has 0 unspecified atom stereocenters. The Morgan fingerprint density at radius 2 is 1.87 bits per heavy atom. The van der Waals surface area contributed by atoms with E-state index in [9.17, 15) is 4.39 Å². The summed E-state index contributed by atoms with van der Waals surface area (Å²) in [6.45, 7) is 1.66. The number of para-hydroxylation sites is 2. The number of imidazole rings is 1. The Morgan fingerprint density at radius 3 is 2.65 bits per heavy atom. The van der Waals surface area contributed by atoms with Gasteiger partial charge in [0.1, 0.15) is 18.2 Å². The van der Waals surface area contributed by atoms with Crippen molar-refractivity contribution >= 4 is 27.0 Å². The molecule has 4 rings (SSSR count). The molecular weight excluding hydrogens is 461 g/mol. The average Bonchev–Trinajstić information content (AvgIpc) is 3.20. The van der Waals surface area contributed by atoms with Gasteiger partial charge in [-0.05, 0) is 42.0 Å². The lowest BCUT2D eigenvalue weighted by atomic mass is 10.1. The minimum absolute atomic E-state index is 0.266. The normalized spacial score (nSPS) is 11.1. The van der Waals surface area contributed by atoms with Gasteiger partial charge < -0.3 is 19.8 Å². The second-order valence-corrected chi connectivity index (χ2v) is 7.95. The largest absolute Gasteiger partial charge is 0.493 e. The van der Waals surface area contributed by atoms with E-state index in [4.69, 9.17) is 9.47 Å². The Labute approximate surface area is 188 Å². The van der Waals surface area contributed by atoms with E-state index in [0.29, 0.717) is 24.7 Å². The molecule has 7 heteroatoms. The van der Waals surface area contributed by atoms with Crippen molar-refractivity contribution in [3.63, 3.8) is 0 Å². The van der Waals surface area contributed by atoms with Gasteiger partial charge in [0.2, 0.25) is 0 Å². The molecule has 0 saturated heterocycles. The van der Waals surface area contributed by atoms with E-state index in [1.807, 2.05) is 36.4 Å². The molecule has 0 radical (unpaired) electrons. The standard InChI is InChI=1S/C24H23BrFN3O2/c1-30-22-11-10-19(25)18(24(22)31-15-16-6-8-17(26)9-7-16)14-27-13-12-23-28-20-4-2-3-5-21(20)29-23/h2-11,27H,12-15H2,1H3,(H,28,29). The van der Waals surface area contributed by atoms with Crippen molar-refractivity contribution in [1.82, 2.24) is 15.3 Å². The fourth-order valence-corrected chi connectivity index (χ4v) is 3.80. The van der Waals surface area contributed by atoms with Crippen molar-refractivity contribution in [2.24, 2.45) is 0 Å². The van der Waals surface area contributed by atoms with Crippen molar-refractivity contribution in [2.75, 3.05) is 13.7 Å². The lowest BCUT2D eigenvalue weighted by molar-refractivity contribution is 0.280. The summed E-state index contributed by atoms with van der Waals surface area (Å²) in [6, 6.07) is 18.1. The van der Waals surface area contributed by atoms with Gasteiger partial charge in [-0.25, -0.2) is 9.37 Å². The number of aromatic nitrogens is 2. The van der Waals surface area contributed by atoms with Crippen molar-refractivity contribution in [1.29, 1.82) is 0 Å². The summed E-state index contributed by atoms with van der Waals surface area (Å²) < 4.78 is 25.7. The molecule has 2 N–H and O–H groups in total. The first kappa shape index (κ1) is 21.3. The zero-order chi connectivity index (χ0) is 21.6. The lowest BCUT2D eigenvalue weighted by Crippen LogP contribution is -2.18. The molecule has 160 valence electrons. The molecule has 0 atom stereocenters. The van der Waals surface area contributed by atoms with Crippen LogP contribution in [0.2, 0.25) is 0 Å². The zero-order valence-corrected chi connectivity index (χ0v) is 18.7. The lowest BCUT2D eigenvalue weighted by Gasteiger charge is -2.17. The van der Waals surface area contributed by atoms with Crippen LogP contribution in [0.5, 0.6) is 11.5 Å². The second kappa shape index (κ2) is 9.94. The monoisotopic (exact) mass is 483 g/mol. The van der Waals surface area contributed by atoms with Crippen LogP contribution >= 0.6 is 15.9 Å². The second-order valence-electron chi connectivity index (χ2n) is 7.10. The van der Waals surface area contributed by atoms with E-state index in [-0.39, 0.29) is 5.82 Å². The predicted octanol–water partition coefficient (Wildman–Crippen LogP) is 5.38. The molecule has 31 heavy (non-hydrogen) atoms. The van der Waals surface area contributed by atoms with Crippen molar-refractivity contribution in [2.45, 2.75) is 19.6 Å². The molecule has 0 saturated carbocycles. The summed E-state index contributed by atoms with van der Waals surface area (Å²) in [5.74, 6) is 2.00. The van der Waals surface area contributed by atoms with E-state index < -0.39 is 0 Å². The number of nitrogens with zero attached hydrogens (tertiary/aromatic N) is 1. The van der Waals surface area contributed by atoms with E-state index in [0.717, 1.165) is 45.4 Å². The van der Waals surface area contributed by atoms with E-state index in [1.165, 1.54) is 12.1 Å². The fraction of sp³-hybridized carbons (Fsp3) is 0.208. The highest BCUT2D eigenvalue weighted by molar-refractivity contribution is 9.10. The van der Waals surface area contributed by atoms with Crippen LogP contribution in [-0.2, 0) is 19.6 Å². The number of hydrogen-bond acceptors (Lipinski definition) is 4. The predicted molar refractivity (Wildman–Crippen MR) is 123 cm³/mol. The molecule has 1 aromatic heterocycles. The maximum atomic E-state index is 13.2. The van der Waals surface area contributed by atoms with Gasteiger partial charge >= 0.3 is 0 Å². The molecule has 4 aromatic rings. The van der Waals surface area contributed by atoms with Crippen molar-refractivity contribution in [3.8, 4) is 11.5 Å². The minimum atomic E-state index is -0.266. The van der Waals surface area contributed by atoms with Crippen LogP contribution < -0.4 is 14.8 Å². The highest BCUT2D eigenvalue weighted by Gasteiger charge is 2.15. The average molecular weight is 484 g/mol. The van der Waals surface area contributed by atoms with Gasteiger partial charge in [-0.3, -0.25) is 0 Å². The summed E-state index contributed by atoms with van der Waals surface area (Å²) in [4.78, 5) is 7.96. The quantitative estimate of drug-likeness (QED) is 0.313. The molecule has 1 heterocycles. The summed E-state index contributed by atoms with van der Waals surface area (Å²) in [5.41, 5.74) is 3.87. The first-order valence-electron chi connectivity index (χ1n) is 10.0. The van der Waals surface area contributed by atoms with Gasteiger partial charge in [0.15, 0.2) is 11.5 Å². The van der Waals surface area contributed by atoms with Crippen LogP contribution in [0, 0.1) is 5.82 Å². The number of H-pyrrole nitrogens is 1. The molecule has 0 aliphatic rings. The number of halogens is 2. The molecular formula is C24H23BrFN3O2. The molecule has 5 nitrogen and oxygen atoms in total. The molecule has 0 fully saturated rings. The highest BCUT2D eigenvalue weighted by Crippen LogP contribution is 2.36. The maximum absolute atomic E-state index is 13.2. The van der Waals surface area contributed by atoms with Gasteiger partial charge in [-0.2, -0.15) is 0 Å². The molecule has 0 amide bonds. The van der Waals surface area contributed by atoms with Gasteiger partial charge in [-0.1, -0.05) is 40.2 Å². The fourth-order valence-electron chi connectivity index (χ4n) is 3.35. The van der Waals surface area contributed by atoms with Crippen LogP contribution in [-0.4, -0.2) is 23.6 Å². The van der Waals surface area contributed by atoms with Crippen LogP contribution in [0.25, 0.3) is 11.0 Å². The van der Waals surface area contributed by atoms with Crippen LogP contribution in [0.3, 0.4) is 0 Å². The number of benzene rings is 3. The third-order valence-corrected chi connectivity index (χ3v) is 5.71. The van der Waals surface area contributed by atoms with Gasteiger partial charge in [0.25, 0.3) is 0 Å². The van der Waals surface area contributed by atoms with Crippen molar-refractivity contribution < 1.29 is 13.9 Å². The maximum Gasteiger partial charge on any atom is 0.167 e. The number of hydrogen-bond donors (Lipinski definition) is 2. The summed E-state index contributed by atoms with van der Waals surface area (Å²) in [5, 5.41) is 3.46. The van der Waals surface area contributed by atoms with E-state index in [2.05, 4.69) is 31.2 Å². The van der Waals surface area contributed by atoms with E-state index >= 15 is 0 Å². The number of nitrogens with one attached hydrogen (secondary N) is 2. The Kier molecular flexibility index (Phi) is 6.84. The summed E-state index contributed by atoms with van der Waals surface area (Å²) in [6.07, 6.45) is 0.780. The minimum Gasteiger partial charge on any atom is -0.493 e. The number of rotatable bonds is 9. The summed E-state index contributed by atoms with van der Waals surface area (Å²) >= 11 is 3.62. The first-order chi connectivity index (χ1) is 15.1. The molecule has 0 spiro atoms.